The van der Waals surface area contributed by atoms with Gasteiger partial charge in [0, 0.05) is 20.6 Å². The van der Waals surface area contributed by atoms with E-state index in [1.54, 1.807) is 0 Å². The quantitative estimate of drug-likeness (QED) is 0.722. The molecule has 0 aromatic heterocycles. The minimum Gasteiger partial charge on any atom is -0.349 e. The van der Waals surface area contributed by atoms with Gasteiger partial charge >= 0.3 is 0 Å². The number of hydrogen-bond acceptors (Lipinski definition) is 3. The van der Waals surface area contributed by atoms with Crippen molar-refractivity contribution in [3.8, 4) is 0 Å². The molecule has 16 heavy (non-hydrogen) atoms. The molecule has 0 N–H and O–H groups in total. The highest BCUT2D eigenvalue weighted by atomic mass is 19.2. The smallest absolute Gasteiger partial charge is 0.217 e. The Kier molecular flexibility index (Phi) is 4.52. The largest absolute Gasteiger partial charge is 0.349 e. The minimum absolute atomic E-state index is 0.0101. The van der Waals surface area contributed by atoms with Gasteiger partial charge in [-0.2, -0.15) is 0 Å². The number of halogens is 2. The summed E-state index contributed by atoms with van der Waals surface area (Å²) in [4.78, 5) is 11.5. The normalized spacial score (nSPS) is 10.8. The number of carbonyl (C=O) groups excluding carboxylic acids is 1. The van der Waals surface area contributed by atoms with Crippen LogP contribution < -0.4 is 0 Å². The summed E-state index contributed by atoms with van der Waals surface area (Å²) >= 11 is 0. The molecule has 1 rings (SSSR count). The van der Waals surface area contributed by atoms with E-state index in [1.165, 1.54) is 26.4 Å². The maximum absolute atomic E-state index is 13.2. The van der Waals surface area contributed by atoms with Gasteiger partial charge in [-0.1, -0.05) is 12.1 Å². The van der Waals surface area contributed by atoms with Crippen LogP contribution in [-0.2, 0) is 20.7 Å². The average molecular weight is 230 g/mol. The van der Waals surface area contributed by atoms with Gasteiger partial charge < -0.3 is 9.47 Å². The molecule has 0 spiro atoms. The second kappa shape index (κ2) is 5.67. The number of hydrogen-bond donors (Lipinski definition) is 0. The first-order valence-electron chi connectivity index (χ1n) is 4.61. The molecule has 0 amide bonds. The summed E-state index contributed by atoms with van der Waals surface area (Å²) in [6.45, 7) is 0. The Morgan fingerprint density at radius 3 is 2.50 bits per heavy atom. The van der Waals surface area contributed by atoms with E-state index in [4.69, 9.17) is 9.47 Å². The van der Waals surface area contributed by atoms with Crippen LogP contribution in [0.15, 0.2) is 18.2 Å². The summed E-state index contributed by atoms with van der Waals surface area (Å²) in [5, 5.41) is 0. The van der Waals surface area contributed by atoms with Crippen LogP contribution in [0.5, 0.6) is 0 Å². The first-order valence-corrected chi connectivity index (χ1v) is 4.61. The molecule has 0 saturated heterocycles. The first-order chi connectivity index (χ1) is 7.60. The van der Waals surface area contributed by atoms with Crippen LogP contribution in [0.4, 0.5) is 8.78 Å². The molecule has 88 valence electrons. The van der Waals surface area contributed by atoms with Crippen molar-refractivity contribution < 1.29 is 23.0 Å². The van der Waals surface area contributed by atoms with Crippen LogP contribution in [0.1, 0.15) is 5.56 Å². The van der Waals surface area contributed by atoms with Gasteiger partial charge in [0.1, 0.15) is 0 Å². The van der Waals surface area contributed by atoms with Crippen molar-refractivity contribution in [3.63, 3.8) is 0 Å². The minimum atomic E-state index is -1.05. The average Bonchev–Trinajstić information content (AvgIpc) is 2.26. The zero-order valence-electron chi connectivity index (χ0n) is 9.00. The van der Waals surface area contributed by atoms with Crippen molar-refractivity contribution in [2.75, 3.05) is 14.2 Å². The third-order valence-corrected chi connectivity index (χ3v) is 2.09. The lowest BCUT2D eigenvalue weighted by Gasteiger charge is -2.12. The molecule has 0 atom stereocenters. The van der Waals surface area contributed by atoms with Gasteiger partial charge in [0.25, 0.3) is 0 Å². The van der Waals surface area contributed by atoms with Crippen LogP contribution >= 0.6 is 0 Å². The molecule has 0 aliphatic heterocycles. The number of ether oxygens (including phenoxy) is 2. The molecule has 0 unspecified atom stereocenters. The molecule has 5 heteroatoms. The molecule has 1 aromatic rings. The Morgan fingerprint density at radius 1 is 1.31 bits per heavy atom. The predicted octanol–water partition coefficient (Wildman–Crippen LogP) is 1.70. The number of Topliss-reactive ketones (excluding diaryl/α,β-unsaturated/α-hetero) is 1. The molecule has 0 aliphatic rings. The van der Waals surface area contributed by atoms with E-state index in [2.05, 4.69) is 0 Å². The molecule has 0 heterocycles. The maximum Gasteiger partial charge on any atom is 0.217 e. The van der Waals surface area contributed by atoms with Crippen LogP contribution in [0.3, 0.4) is 0 Å². The Bertz CT molecular complexity index is 375. The molecule has 0 bridgehead atoms. The second-order valence-electron chi connectivity index (χ2n) is 3.16. The fourth-order valence-corrected chi connectivity index (χ4v) is 1.32. The van der Waals surface area contributed by atoms with E-state index < -0.39 is 23.7 Å². The Balaban J connectivity index is 2.80. The van der Waals surface area contributed by atoms with Crippen molar-refractivity contribution in [3.05, 3.63) is 35.4 Å². The molecule has 0 aliphatic carbocycles. The number of rotatable bonds is 5. The van der Waals surface area contributed by atoms with E-state index in [9.17, 15) is 13.6 Å². The van der Waals surface area contributed by atoms with E-state index in [-0.39, 0.29) is 12.0 Å². The van der Waals surface area contributed by atoms with E-state index in [0.717, 1.165) is 6.07 Å². The Hall–Kier alpha value is -1.33. The summed E-state index contributed by atoms with van der Waals surface area (Å²) in [6, 6.07) is 3.68. The SMILES string of the molecule is COC(OC)C(=O)Cc1cccc(F)c1F. The molecular weight excluding hydrogens is 218 g/mol. The highest BCUT2D eigenvalue weighted by Crippen LogP contribution is 2.13. The highest BCUT2D eigenvalue weighted by Gasteiger charge is 2.19. The standard InChI is InChI=1S/C11H12F2O3/c1-15-11(16-2)9(14)6-7-4-3-5-8(12)10(7)13/h3-5,11H,6H2,1-2H3. The van der Waals surface area contributed by atoms with Crippen molar-refractivity contribution in [1.29, 1.82) is 0 Å². The predicted molar refractivity (Wildman–Crippen MR) is 52.9 cm³/mol. The van der Waals surface area contributed by atoms with E-state index >= 15 is 0 Å². The first kappa shape index (κ1) is 12.7. The van der Waals surface area contributed by atoms with Gasteiger partial charge in [-0.3, -0.25) is 4.79 Å². The Morgan fingerprint density at radius 2 is 1.94 bits per heavy atom. The van der Waals surface area contributed by atoms with Crippen LogP contribution in [0.2, 0.25) is 0 Å². The second-order valence-corrected chi connectivity index (χ2v) is 3.16. The number of benzene rings is 1. The summed E-state index contributed by atoms with van der Waals surface area (Å²) in [5.74, 6) is -2.45. The van der Waals surface area contributed by atoms with Crippen molar-refractivity contribution in [1.82, 2.24) is 0 Å². The van der Waals surface area contributed by atoms with Crippen molar-refractivity contribution in [2.24, 2.45) is 0 Å². The summed E-state index contributed by atoms with van der Waals surface area (Å²) in [7, 11) is 2.60. The monoisotopic (exact) mass is 230 g/mol. The molecule has 1 aromatic carbocycles. The Labute approximate surface area is 92.0 Å². The maximum atomic E-state index is 13.2. The molecular formula is C11H12F2O3. The lowest BCUT2D eigenvalue weighted by Crippen LogP contribution is -2.26. The number of carbonyl (C=O) groups is 1. The topological polar surface area (TPSA) is 35.5 Å². The van der Waals surface area contributed by atoms with Crippen molar-refractivity contribution >= 4 is 5.78 Å². The van der Waals surface area contributed by atoms with Crippen LogP contribution in [0, 0.1) is 11.6 Å². The fraction of sp³-hybridized carbons (Fsp3) is 0.364. The van der Waals surface area contributed by atoms with Gasteiger partial charge in [0.15, 0.2) is 17.4 Å². The summed E-state index contributed by atoms with van der Waals surface area (Å²) in [6.07, 6.45) is -1.32. The van der Waals surface area contributed by atoms with Gasteiger partial charge in [-0.25, -0.2) is 8.78 Å². The highest BCUT2D eigenvalue weighted by molar-refractivity contribution is 5.84. The fourth-order valence-electron chi connectivity index (χ4n) is 1.32. The zero-order chi connectivity index (χ0) is 12.1. The number of methoxy groups -OCH3 is 2. The lowest BCUT2D eigenvalue weighted by molar-refractivity contribution is -0.155. The molecule has 3 nitrogen and oxygen atoms in total. The van der Waals surface area contributed by atoms with Gasteiger partial charge in [-0.15, -0.1) is 0 Å². The van der Waals surface area contributed by atoms with E-state index in [1.807, 2.05) is 0 Å². The third-order valence-electron chi connectivity index (χ3n) is 2.09. The van der Waals surface area contributed by atoms with Gasteiger partial charge in [0.05, 0.1) is 0 Å². The van der Waals surface area contributed by atoms with Crippen LogP contribution in [-0.4, -0.2) is 26.3 Å². The summed E-state index contributed by atoms with van der Waals surface area (Å²) < 4.78 is 35.5. The third kappa shape index (κ3) is 2.84. The van der Waals surface area contributed by atoms with Gasteiger partial charge in [0.2, 0.25) is 6.29 Å². The molecule has 0 fully saturated rings. The molecule has 0 radical (unpaired) electrons. The lowest BCUT2D eigenvalue weighted by atomic mass is 10.1. The van der Waals surface area contributed by atoms with E-state index in [0.29, 0.717) is 0 Å². The number of ketones is 1. The zero-order valence-corrected chi connectivity index (χ0v) is 9.00. The summed E-state index contributed by atoms with van der Waals surface area (Å²) in [5.41, 5.74) is -0.0101. The van der Waals surface area contributed by atoms with Crippen molar-refractivity contribution in [2.45, 2.75) is 12.7 Å². The van der Waals surface area contributed by atoms with Crippen LogP contribution in [0.25, 0.3) is 0 Å². The molecule has 0 saturated carbocycles. The van der Waals surface area contributed by atoms with Gasteiger partial charge in [-0.05, 0) is 11.6 Å².